The van der Waals surface area contributed by atoms with Crippen LogP contribution in [0.1, 0.15) is 34.2 Å². The molecule has 1 fully saturated rings. The largest absolute Gasteiger partial charge is 0.383 e. The summed E-state index contributed by atoms with van der Waals surface area (Å²) in [5.41, 5.74) is 4.02. The number of ether oxygens (including phenoxy) is 1. The topological polar surface area (TPSA) is 111 Å². The Bertz CT molecular complexity index is 1540. The third kappa shape index (κ3) is 6.48. The molecule has 2 aromatic carbocycles. The van der Waals surface area contributed by atoms with Crippen molar-refractivity contribution in [1.29, 1.82) is 0 Å². The van der Waals surface area contributed by atoms with E-state index in [0.29, 0.717) is 41.6 Å². The number of rotatable bonds is 10. The Hall–Kier alpha value is -3.39. The number of Topliss-reactive ketones (excluding diaryl/α,β-unsaturated/α-hetero) is 1. The van der Waals surface area contributed by atoms with E-state index in [-0.39, 0.29) is 31.3 Å². The molecule has 13 heteroatoms. The van der Waals surface area contributed by atoms with E-state index < -0.39 is 26.6 Å². The van der Waals surface area contributed by atoms with Crippen molar-refractivity contribution < 1.29 is 26.7 Å². The predicted molar refractivity (Wildman–Crippen MR) is 155 cm³/mol. The molecule has 1 aromatic heterocycles. The lowest BCUT2D eigenvalue weighted by molar-refractivity contribution is 0.0992. The number of aromatic nitrogens is 2. The van der Waals surface area contributed by atoms with Crippen molar-refractivity contribution >= 4 is 27.2 Å². The first kappa shape index (κ1) is 30.1. The highest BCUT2D eigenvalue weighted by atomic mass is 32.2. The minimum absolute atomic E-state index is 0.0461. The fourth-order valence-corrected chi connectivity index (χ4v) is 6.92. The van der Waals surface area contributed by atoms with E-state index in [9.17, 15) is 22.0 Å². The number of carbonyl (C=O) groups is 1. The standard InChI is InChI=1S/C29H36F2N6O4S/c1-19(18-41-3)32-27-15-22(36-10-8-35(2)9-11-36)4-5-24(27)29(38)16-28-25-17-37(7-6-26(25)33-34-28)42(39,40)23-13-20(30)12-21(31)14-23/h4-5,12-15,19,32H,6-11,16-18H2,1-3H3,(H,33,34)/t19-/m0/s1. The van der Waals surface area contributed by atoms with Gasteiger partial charge in [0.2, 0.25) is 10.0 Å². The van der Waals surface area contributed by atoms with Gasteiger partial charge in [-0.3, -0.25) is 9.89 Å². The van der Waals surface area contributed by atoms with E-state index >= 15 is 0 Å². The number of aromatic amines is 1. The molecule has 0 unspecified atom stereocenters. The number of H-pyrrole nitrogens is 1. The van der Waals surface area contributed by atoms with Gasteiger partial charge in [-0.1, -0.05) is 0 Å². The molecule has 0 spiro atoms. The third-order valence-electron chi connectivity index (χ3n) is 7.78. The van der Waals surface area contributed by atoms with Crippen LogP contribution in [0.5, 0.6) is 0 Å². The van der Waals surface area contributed by atoms with Gasteiger partial charge in [-0.25, -0.2) is 17.2 Å². The van der Waals surface area contributed by atoms with Gasteiger partial charge in [0.05, 0.1) is 23.6 Å². The third-order valence-corrected chi connectivity index (χ3v) is 9.60. The van der Waals surface area contributed by atoms with Crippen LogP contribution in [-0.2, 0) is 34.1 Å². The van der Waals surface area contributed by atoms with E-state index in [2.05, 4.69) is 32.4 Å². The van der Waals surface area contributed by atoms with Gasteiger partial charge in [0, 0.05) is 93.1 Å². The van der Waals surface area contributed by atoms with E-state index in [4.69, 9.17) is 4.74 Å². The zero-order valence-corrected chi connectivity index (χ0v) is 24.8. The van der Waals surface area contributed by atoms with Crippen molar-refractivity contribution in [3.8, 4) is 0 Å². The average molecular weight is 603 g/mol. The Balaban J connectivity index is 1.38. The molecular weight excluding hydrogens is 566 g/mol. The van der Waals surface area contributed by atoms with Crippen molar-refractivity contribution in [3.63, 3.8) is 0 Å². The van der Waals surface area contributed by atoms with E-state index in [1.54, 1.807) is 7.11 Å². The molecule has 42 heavy (non-hydrogen) atoms. The Morgan fingerprint density at radius 2 is 1.81 bits per heavy atom. The lowest BCUT2D eigenvalue weighted by Gasteiger charge is -2.34. The van der Waals surface area contributed by atoms with Crippen molar-refractivity contribution in [3.05, 3.63) is 70.5 Å². The number of hydrogen-bond acceptors (Lipinski definition) is 8. The zero-order valence-electron chi connectivity index (χ0n) is 24.0. The number of likely N-dealkylation sites (N-methyl/N-ethyl adjacent to an activating group) is 1. The number of halogens is 2. The van der Waals surface area contributed by atoms with Crippen molar-refractivity contribution in [2.24, 2.45) is 0 Å². The maximum absolute atomic E-state index is 13.8. The number of fused-ring (bicyclic) bond motifs is 1. The number of piperazine rings is 1. The second-order valence-electron chi connectivity index (χ2n) is 10.9. The van der Waals surface area contributed by atoms with E-state index in [0.717, 1.165) is 54.0 Å². The first-order valence-electron chi connectivity index (χ1n) is 13.9. The molecule has 5 rings (SSSR count). The molecule has 1 saturated heterocycles. The number of carbonyl (C=O) groups excluding carboxylic acids is 1. The van der Waals surface area contributed by atoms with Crippen molar-refractivity contribution in [1.82, 2.24) is 19.4 Å². The molecule has 2 N–H and O–H groups in total. The highest BCUT2D eigenvalue weighted by molar-refractivity contribution is 7.89. The first-order valence-corrected chi connectivity index (χ1v) is 15.4. The lowest BCUT2D eigenvalue weighted by atomic mass is 9.99. The zero-order chi connectivity index (χ0) is 30.0. The van der Waals surface area contributed by atoms with Crippen LogP contribution in [0, 0.1) is 11.6 Å². The summed E-state index contributed by atoms with van der Waals surface area (Å²) in [5.74, 6) is -2.11. The van der Waals surface area contributed by atoms with Crippen LogP contribution in [0.2, 0.25) is 0 Å². The first-order chi connectivity index (χ1) is 20.0. The molecule has 0 bridgehead atoms. The van der Waals surface area contributed by atoms with E-state index in [1.165, 1.54) is 0 Å². The second-order valence-corrected chi connectivity index (χ2v) is 12.9. The molecule has 3 heterocycles. The van der Waals surface area contributed by atoms with Gasteiger partial charge in [0.15, 0.2) is 5.78 Å². The summed E-state index contributed by atoms with van der Waals surface area (Å²) in [5, 5.41) is 10.7. The number of methoxy groups -OCH3 is 1. The Kier molecular flexibility index (Phi) is 8.92. The Morgan fingerprint density at radius 1 is 1.10 bits per heavy atom. The summed E-state index contributed by atoms with van der Waals surface area (Å²) in [6.45, 7) is 6.16. The molecule has 1 atom stereocenters. The van der Waals surface area contributed by atoms with Crippen LogP contribution in [-0.4, -0.2) is 93.1 Å². The van der Waals surface area contributed by atoms with Crippen LogP contribution in [0.3, 0.4) is 0 Å². The monoisotopic (exact) mass is 602 g/mol. The van der Waals surface area contributed by atoms with Gasteiger partial charge >= 0.3 is 0 Å². The number of nitrogens with zero attached hydrogens (tertiary/aromatic N) is 4. The molecule has 0 radical (unpaired) electrons. The molecule has 2 aliphatic heterocycles. The molecule has 10 nitrogen and oxygen atoms in total. The van der Waals surface area contributed by atoms with Gasteiger partial charge in [0.1, 0.15) is 11.6 Å². The van der Waals surface area contributed by atoms with Crippen LogP contribution in [0.4, 0.5) is 20.2 Å². The van der Waals surface area contributed by atoms with Crippen molar-refractivity contribution in [2.75, 3.05) is 63.7 Å². The minimum Gasteiger partial charge on any atom is -0.383 e. The average Bonchev–Trinajstić information content (AvgIpc) is 3.34. The molecule has 0 amide bonds. The number of sulfonamides is 1. The van der Waals surface area contributed by atoms with Crippen LogP contribution in [0.25, 0.3) is 0 Å². The molecule has 226 valence electrons. The number of ketones is 1. The molecular formula is C29H36F2N6O4S. The molecule has 2 aliphatic rings. The maximum Gasteiger partial charge on any atom is 0.243 e. The molecule has 0 aliphatic carbocycles. The summed E-state index contributed by atoms with van der Waals surface area (Å²) < 4.78 is 60.5. The number of anilines is 2. The lowest BCUT2D eigenvalue weighted by Crippen LogP contribution is -2.44. The number of hydrogen-bond donors (Lipinski definition) is 2. The van der Waals surface area contributed by atoms with Gasteiger partial charge in [0.25, 0.3) is 0 Å². The van der Waals surface area contributed by atoms with Crippen LogP contribution in [0.15, 0.2) is 41.3 Å². The normalized spacial score (nSPS) is 17.2. The van der Waals surface area contributed by atoms with Crippen LogP contribution >= 0.6 is 0 Å². The second kappa shape index (κ2) is 12.5. The predicted octanol–water partition coefficient (Wildman–Crippen LogP) is 3.06. The van der Waals surface area contributed by atoms with Gasteiger partial charge in [-0.05, 0) is 44.3 Å². The highest BCUT2D eigenvalue weighted by Gasteiger charge is 2.32. The SMILES string of the molecule is COC[C@H](C)Nc1cc(N2CCN(C)CC2)ccc1C(=O)Cc1n[nH]c2c1CN(S(=O)(=O)c1cc(F)cc(F)c1)CC2. The highest BCUT2D eigenvalue weighted by Crippen LogP contribution is 2.30. The van der Waals surface area contributed by atoms with Gasteiger partial charge in [-0.2, -0.15) is 9.40 Å². The van der Waals surface area contributed by atoms with Crippen molar-refractivity contribution in [2.45, 2.75) is 37.2 Å². The Morgan fingerprint density at radius 3 is 2.50 bits per heavy atom. The van der Waals surface area contributed by atoms with Gasteiger partial charge < -0.3 is 19.9 Å². The minimum atomic E-state index is -4.17. The molecule has 3 aromatic rings. The smallest absolute Gasteiger partial charge is 0.243 e. The fourth-order valence-electron chi connectivity index (χ4n) is 5.47. The summed E-state index contributed by atoms with van der Waals surface area (Å²) in [6.07, 6.45) is 0.282. The number of benzene rings is 2. The summed E-state index contributed by atoms with van der Waals surface area (Å²) in [7, 11) is -0.448. The molecule has 0 saturated carbocycles. The number of nitrogens with one attached hydrogen (secondary N) is 2. The van der Waals surface area contributed by atoms with Crippen LogP contribution < -0.4 is 10.2 Å². The van der Waals surface area contributed by atoms with E-state index in [1.807, 2.05) is 25.1 Å². The Labute approximate surface area is 244 Å². The quantitative estimate of drug-likeness (QED) is 0.341. The van der Waals surface area contributed by atoms with Gasteiger partial charge in [-0.15, -0.1) is 0 Å². The maximum atomic E-state index is 13.8. The fraction of sp³-hybridized carbons (Fsp3) is 0.448. The summed E-state index contributed by atoms with van der Waals surface area (Å²) in [4.78, 5) is 17.8. The summed E-state index contributed by atoms with van der Waals surface area (Å²) >= 11 is 0. The summed E-state index contributed by atoms with van der Waals surface area (Å²) in [6, 6.07) is 7.97.